The summed E-state index contributed by atoms with van der Waals surface area (Å²) in [5, 5.41) is 12.2. The van der Waals surface area contributed by atoms with Gasteiger partial charge in [-0.1, -0.05) is 6.07 Å². The fourth-order valence-electron chi connectivity index (χ4n) is 6.09. The molecule has 4 N–H and O–H groups in total. The summed E-state index contributed by atoms with van der Waals surface area (Å²) in [7, 11) is 0. The SMILES string of the molecule is CC(C)(C)OC(=O)N[C@H]1CC[C@@H](NC(=O)c2cc(F)cnc2Nc2cccc(C(=O)NC3CN4CCC3CC4)c2)CC1. The normalized spacial score (nSPS) is 25.3. The van der Waals surface area contributed by atoms with Crippen molar-refractivity contribution in [2.75, 3.05) is 25.0 Å². The smallest absolute Gasteiger partial charge is 0.407 e. The Labute approximate surface area is 246 Å². The topological polar surface area (TPSA) is 125 Å². The minimum absolute atomic E-state index is 0.0312. The first-order chi connectivity index (χ1) is 20.0. The number of anilines is 2. The molecule has 3 saturated heterocycles. The van der Waals surface area contributed by atoms with Crippen LogP contribution in [0.2, 0.25) is 0 Å². The van der Waals surface area contributed by atoms with Gasteiger partial charge < -0.3 is 30.9 Å². The van der Waals surface area contributed by atoms with E-state index in [1.54, 1.807) is 24.3 Å². The second kappa shape index (κ2) is 12.6. The van der Waals surface area contributed by atoms with Gasteiger partial charge in [-0.15, -0.1) is 0 Å². The van der Waals surface area contributed by atoms with Gasteiger partial charge in [0.25, 0.3) is 11.8 Å². The van der Waals surface area contributed by atoms with E-state index in [2.05, 4.69) is 31.2 Å². The summed E-state index contributed by atoms with van der Waals surface area (Å²) in [6, 6.07) is 8.15. The zero-order chi connectivity index (χ0) is 29.9. The van der Waals surface area contributed by atoms with Crippen LogP contribution in [0.4, 0.5) is 20.7 Å². The van der Waals surface area contributed by atoms with E-state index in [1.807, 2.05) is 20.8 Å². The van der Waals surface area contributed by atoms with Gasteiger partial charge in [0.1, 0.15) is 17.2 Å². The first kappa shape index (κ1) is 29.8. The number of ether oxygens (including phenoxy) is 1. The summed E-state index contributed by atoms with van der Waals surface area (Å²) < 4.78 is 19.5. The minimum atomic E-state index is -0.624. The number of piperidine rings is 3. The number of nitrogens with one attached hydrogen (secondary N) is 4. The molecule has 1 aromatic heterocycles. The lowest BCUT2D eigenvalue weighted by atomic mass is 9.84. The number of alkyl carbamates (subject to hydrolysis) is 1. The van der Waals surface area contributed by atoms with Crippen molar-refractivity contribution in [3.63, 3.8) is 0 Å². The molecular formula is C31H41FN6O4. The van der Waals surface area contributed by atoms with Crippen LogP contribution in [0.3, 0.4) is 0 Å². The lowest BCUT2D eigenvalue weighted by molar-refractivity contribution is 0.0487. The van der Waals surface area contributed by atoms with E-state index in [1.165, 1.54) is 0 Å². The number of carbonyl (C=O) groups excluding carboxylic acids is 3. The number of benzene rings is 1. The molecule has 1 atom stereocenters. The van der Waals surface area contributed by atoms with E-state index in [0.717, 1.165) is 44.7 Å². The number of hydrogen-bond donors (Lipinski definition) is 4. The number of halogens is 1. The number of aromatic nitrogens is 1. The van der Waals surface area contributed by atoms with Gasteiger partial charge in [0, 0.05) is 35.9 Å². The highest BCUT2D eigenvalue weighted by atomic mass is 19.1. The fourth-order valence-corrected chi connectivity index (χ4v) is 6.09. The molecule has 1 aliphatic carbocycles. The summed E-state index contributed by atoms with van der Waals surface area (Å²) >= 11 is 0. The summed E-state index contributed by atoms with van der Waals surface area (Å²) in [5.41, 5.74) is 0.576. The van der Waals surface area contributed by atoms with Crippen molar-refractivity contribution in [2.24, 2.45) is 5.92 Å². The lowest BCUT2D eigenvalue weighted by Gasteiger charge is -2.44. The van der Waals surface area contributed by atoms with Crippen molar-refractivity contribution in [1.82, 2.24) is 25.8 Å². The number of rotatable bonds is 7. The molecule has 1 unspecified atom stereocenters. The molecule has 4 heterocycles. The third-order valence-corrected chi connectivity index (χ3v) is 8.24. The van der Waals surface area contributed by atoms with Gasteiger partial charge in [-0.2, -0.15) is 0 Å². The molecule has 3 amide bonds. The standard InChI is InChI=1S/C31H41FN6O4/c1-31(2,3)42-30(41)36-23-9-7-22(8-10-23)35-29(40)25-16-21(32)17-33-27(25)34-24-6-4-5-20(15-24)28(39)37-26-18-38-13-11-19(26)12-14-38/h4-6,15-17,19,22-23,26H,7-14,18H2,1-3H3,(H,33,34)(H,35,40)(H,36,41)(H,37,39)/t22-,23+,26?. The Hall–Kier alpha value is -3.73. The molecule has 226 valence electrons. The van der Waals surface area contributed by atoms with Crippen LogP contribution in [0.1, 0.15) is 80.0 Å². The predicted octanol–water partition coefficient (Wildman–Crippen LogP) is 4.35. The van der Waals surface area contributed by atoms with Crippen molar-refractivity contribution in [2.45, 2.75) is 83.0 Å². The van der Waals surface area contributed by atoms with Crippen molar-refractivity contribution in [1.29, 1.82) is 0 Å². The molecule has 2 bridgehead atoms. The average molecular weight is 581 g/mol. The highest BCUT2D eigenvalue weighted by molar-refractivity contribution is 6.00. The Morgan fingerprint density at radius 1 is 0.929 bits per heavy atom. The lowest BCUT2D eigenvalue weighted by Crippen LogP contribution is -2.57. The second-order valence-electron chi connectivity index (χ2n) is 12.6. The molecule has 11 heteroatoms. The molecule has 0 spiro atoms. The van der Waals surface area contributed by atoms with E-state index >= 15 is 0 Å². The maximum Gasteiger partial charge on any atom is 0.407 e. The van der Waals surface area contributed by atoms with Gasteiger partial charge >= 0.3 is 6.09 Å². The molecule has 4 aliphatic rings. The molecule has 1 aromatic carbocycles. The molecule has 3 aliphatic heterocycles. The first-order valence-corrected chi connectivity index (χ1v) is 14.9. The predicted molar refractivity (Wildman–Crippen MR) is 157 cm³/mol. The molecule has 42 heavy (non-hydrogen) atoms. The summed E-state index contributed by atoms with van der Waals surface area (Å²) in [6.07, 6.45) is 5.52. The molecule has 0 radical (unpaired) electrons. The third kappa shape index (κ3) is 7.76. The van der Waals surface area contributed by atoms with Crippen LogP contribution in [-0.4, -0.2) is 71.2 Å². The summed E-state index contributed by atoms with van der Waals surface area (Å²) in [4.78, 5) is 44.9. The van der Waals surface area contributed by atoms with Crippen LogP contribution in [0.15, 0.2) is 36.5 Å². The zero-order valence-corrected chi connectivity index (χ0v) is 24.5. The van der Waals surface area contributed by atoms with Crippen molar-refractivity contribution in [3.05, 3.63) is 53.5 Å². The van der Waals surface area contributed by atoms with Gasteiger partial charge in [0.15, 0.2) is 0 Å². The molecule has 6 rings (SSSR count). The van der Waals surface area contributed by atoms with Crippen LogP contribution in [-0.2, 0) is 4.74 Å². The minimum Gasteiger partial charge on any atom is -0.444 e. The molecular weight excluding hydrogens is 539 g/mol. The van der Waals surface area contributed by atoms with Gasteiger partial charge in [-0.05, 0) is 103 Å². The highest BCUT2D eigenvalue weighted by Gasteiger charge is 2.35. The molecule has 4 fully saturated rings. The Morgan fingerprint density at radius 3 is 2.26 bits per heavy atom. The van der Waals surface area contributed by atoms with Crippen LogP contribution in [0.25, 0.3) is 0 Å². The number of pyridine rings is 1. The first-order valence-electron chi connectivity index (χ1n) is 14.9. The number of nitrogens with zero attached hydrogens (tertiary/aromatic N) is 2. The van der Waals surface area contributed by atoms with E-state index in [4.69, 9.17) is 4.74 Å². The summed E-state index contributed by atoms with van der Waals surface area (Å²) in [6.45, 7) is 8.53. The summed E-state index contributed by atoms with van der Waals surface area (Å²) in [5.74, 6) is -0.490. The van der Waals surface area contributed by atoms with Crippen molar-refractivity contribution < 1.29 is 23.5 Å². The maximum absolute atomic E-state index is 14.2. The highest BCUT2D eigenvalue weighted by Crippen LogP contribution is 2.28. The number of hydrogen-bond acceptors (Lipinski definition) is 7. The van der Waals surface area contributed by atoms with Gasteiger partial charge in [0.05, 0.1) is 11.8 Å². The number of fused-ring (bicyclic) bond motifs is 3. The van der Waals surface area contributed by atoms with Gasteiger partial charge in [-0.3, -0.25) is 9.59 Å². The Balaban J connectivity index is 1.18. The number of carbonyl (C=O) groups is 3. The Morgan fingerprint density at radius 2 is 1.62 bits per heavy atom. The van der Waals surface area contributed by atoms with Crippen LogP contribution in [0.5, 0.6) is 0 Å². The van der Waals surface area contributed by atoms with E-state index in [0.29, 0.717) is 42.9 Å². The maximum atomic E-state index is 14.2. The second-order valence-corrected chi connectivity index (χ2v) is 12.6. The largest absolute Gasteiger partial charge is 0.444 e. The van der Waals surface area contributed by atoms with E-state index in [-0.39, 0.29) is 35.4 Å². The zero-order valence-electron chi connectivity index (χ0n) is 24.5. The third-order valence-electron chi connectivity index (χ3n) is 8.24. The molecule has 10 nitrogen and oxygen atoms in total. The molecule has 2 aromatic rings. The monoisotopic (exact) mass is 580 g/mol. The van der Waals surface area contributed by atoms with Crippen molar-refractivity contribution >= 4 is 29.4 Å². The van der Waals surface area contributed by atoms with Gasteiger partial charge in [0.2, 0.25) is 0 Å². The van der Waals surface area contributed by atoms with E-state index < -0.39 is 23.4 Å². The molecule has 1 saturated carbocycles. The number of amides is 3. The Bertz CT molecular complexity index is 1300. The van der Waals surface area contributed by atoms with Crippen LogP contribution in [0, 0.1) is 11.7 Å². The Kier molecular flexibility index (Phi) is 8.96. The van der Waals surface area contributed by atoms with Crippen LogP contribution < -0.4 is 21.3 Å². The van der Waals surface area contributed by atoms with Crippen LogP contribution >= 0.6 is 0 Å². The van der Waals surface area contributed by atoms with Gasteiger partial charge in [-0.25, -0.2) is 14.2 Å². The van der Waals surface area contributed by atoms with E-state index in [9.17, 15) is 18.8 Å². The van der Waals surface area contributed by atoms with Crippen molar-refractivity contribution in [3.8, 4) is 0 Å². The fraction of sp³-hybridized carbons (Fsp3) is 0.548. The average Bonchev–Trinajstić information content (AvgIpc) is 2.95. The quantitative estimate of drug-likeness (QED) is 0.384.